The highest BCUT2D eigenvalue weighted by molar-refractivity contribution is 9.10. The summed E-state index contributed by atoms with van der Waals surface area (Å²) < 4.78 is 0.546. The summed E-state index contributed by atoms with van der Waals surface area (Å²) in [6, 6.07) is 3.11. The molecule has 1 aromatic rings. The molecule has 1 heterocycles. The van der Waals surface area contributed by atoms with Gasteiger partial charge in [0.15, 0.2) is 0 Å². The second-order valence-corrected chi connectivity index (χ2v) is 6.04. The maximum absolute atomic E-state index is 11.5. The van der Waals surface area contributed by atoms with Gasteiger partial charge in [0.05, 0.1) is 10.6 Å². The van der Waals surface area contributed by atoms with E-state index in [-0.39, 0.29) is 5.69 Å². The van der Waals surface area contributed by atoms with Gasteiger partial charge in [0.2, 0.25) is 0 Å². The van der Waals surface area contributed by atoms with Crippen LogP contribution in [0, 0.1) is 17.0 Å². The van der Waals surface area contributed by atoms with Crippen LogP contribution in [0.4, 0.5) is 11.4 Å². The zero-order chi connectivity index (χ0) is 15.1. The Morgan fingerprint density at radius 1 is 1.55 bits per heavy atom. The Morgan fingerprint density at radius 2 is 2.20 bits per heavy atom. The Hall–Kier alpha value is -1.63. The van der Waals surface area contributed by atoms with Crippen LogP contribution in [0.25, 0.3) is 0 Å². The van der Waals surface area contributed by atoms with Crippen molar-refractivity contribution in [2.24, 2.45) is 0 Å². The van der Waals surface area contributed by atoms with Crippen LogP contribution in [-0.4, -0.2) is 28.1 Å². The van der Waals surface area contributed by atoms with E-state index in [4.69, 9.17) is 0 Å². The molecular weight excluding hydrogens is 328 g/mol. The normalized spacial score (nSPS) is 22.1. The van der Waals surface area contributed by atoms with Crippen molar-refractivity contribution in [2.75, 3.05) is 11.4 Å². The quantitative estimate of drug-likeness (QED) is 0.673. The minimum atomic E-state index is -0.967. The largest absolute Gasteiger partial charge is 0.480 e. The molecule has 1 N–H and O–H groups in total. The third-order valence-corrected chi connectivity index (χ3v) is 4.49. The molecule has 1 saturated heterocycles. The van der Waals surface area contributed by atoms with E-state index in [0.717, 1.165) is 6.42 Å². The van der Waals surface area contributed by atoms with Crippen LogP contribution in [0.3, 0.4) is 0 Å². The molecule has 1 unspecified atom stereocenters. The summed E-state index contributed by atoms with van der Waals surface area (Å²) >= 11 is 3.32. The van der Waals surface area contributed by atoms with Crippen molar-refractivity contribution >= 4 is 33.3 Å². The van der Waals surface area contributed by atoms with Crippen molar-refractivity contribution < 1.29 is 14.8 Å². The van der Waals surface area contributed by atoms with E-state index in [2.05, 4.69) is 15.9 Å². The fourth-order valence-electron chi connectivity index (χ4n) is 2.63. The lowest BCUT2D eigenvalue weighted by molar-refractivity contribution is -0.385. The van der Waals surface area contributed by atoms with E-state index >= 15 is 0 Å². The first-order valence-corrected chi connectivity index (χ1v) is 7.02. The minimum Gasteiger partial charge on any atom is -0.480 e. The molecule has 2 rings (SSSR count). The Bertz CT molecular complexity index is 590. The molecule has 0 saturated carbocycles. The van der Waals surface area contributed by atoms with E-state index in [1.807, 2.05) is 0 Å². The summed E-state index contributed by atoms with van der Waals surface area (Å²) in [5.41, 5.74) is 0.269. The van der Waals surface area contributed by atoms with Gasteiger partial charge in [-0.1, -0.05) is 0 Å². The summed E-state index contributed by atoms with van der Waals surface area (Å²) in [7, 11) is 0. The van der Waals surface area contributed by atoms with Gasteiger partial charge in [-0.25, -0.2) is 4.79 Å². The van der Waals surface area contributed by atoms with Crippen molar-refractivity contribution in [2.45, 2.75) is 32.2 Å². The Morgan fingerprint density at radius 3 is 2.75 bits per heavy atom. The first-order chi connectivity index (χ1) is 9.27. The van der Waals surface area contributed by atoms with Gasteiger partial charge in [0.25, 0.3) is 5.69 Å². The number of aliphatic carboxylic acids is 1. The number of hydrogen-bond acceptors (Lipinski definition) is 4. The maximum atomic E-state index is 11.5. The summed E-state index contributed by atoms with van der Waals surface area (Å²) in [4.78, 5) is 23.8. The second-order valence-electron chi connectivity index (χ2n) is 5.18. The van der Waals surface area contributed by atoms with Crippen LogP contribution in [0.2, 0.25) is 0 Å². The molecule has 1 aliphatic heterocycles. The van der Waals surface area contributed by atoms with Gasteiger partial charge in [-0.15, -0.1) is 0 Å². The van der Waals surface area contributed by atoms with Gasteiger partial charge in [-0.3, -0.25) is 10.1 Å². The average Bonchev–Trinajstić information content (AvgIpc) is 2.75. The highest BCUT2D eigenvalue weighted by atomic mass is 79.9. The predicted molar refractivity (Wildman–Crippen MR) is 78.2 cm³/mol. The standard InChI is InChI=1S/C13H15BrN2O4/c1-8-6-11(9(14)7-10(8)16(19)20)15-5-3-4-13(15,2)12(17)18/h6-7H,3-5H2,1-2H3,(H,17,18). The number of halogens is 1. The molecule has 1 fully saturated rings. The molecule has 7 heteroatoms. The predicted octanol–water partition coefficient (Wildman–Crippen LogP) is 3.11. The highest BCUT2D eigenvalue weighted by Gasteiger charge is 2.44. The van der Waals surface area contributed by atoms with Gasteiger partial charge < -0.3 is 10.0 Å². The highest BCUT2D eigenvalue weighted by Crippen LogP contribution is 2.40. The summed E-state index contributed by atoms with van der Waals surface area (Å²) in [6.45, 7) is 3.96. The van der Waals surface area contributed by atoms with Gasteiger partial charge in [-0.2, -0.15) is 0 Å². The number of nitro groups is 1. The van der Waals surface area contributed by atoms with Crippen molar-refractivity contribution in [3.63, 3.8) is 0 Å². The number of benzene rings is 1. The number of carboxylic acid groups (broad SMARTS) is 1. The lowest BCUT2D eigenvalue weighted by atomic mass is 9.98. The van der Waals surface area contributed by atoms with E-state index < -0.39 is 16.4 Å². The van der Waals surface area contributed by atoms with Crippen molar-refractivity contribution in [3.05, 3.63) is 32.3 Å². The number of nitrogens with zero attached hydrogens (tertiary/aromatic N) is 2. The zero-order valence-corrected chi connectivity index (χ0v) is 12.8. The third-order valence-electron chi connectivity index (χ3n) is 3.85. The van der Waals surface area contributed by atoms with Crippen molar-refractivity contribution in [3.8, 4) is 0 Å². The Balaban J connectivity index is 2.51. The van der Waals surface area contributed by atoms with Gasteiger partial charge in [0, 0.05) is 22.6 Å². The number of rotatable bonds is 3. The van der Waals surface area contributed by atoms with Crippen LogP contribution in [0.1, 0.15) is 25.3 Å². The van der Waals surface area contributed by atoms with E-state index in [9.17, 15) is 20.0 Å². The molecule has 1 aromatic carbocycles. The van der Waals surface area contributed by atoms with Gasteiger partial charge in [0.1, 0.15) is 5.54 Å². The molecule has 0 bridgehead atoms. The summed E-state index contributed by atoms with van der Waals surface area (Å²) in [6.07, 6.45) is 1.34. The number of nitro benzene ring substituents is 1. The topological polar surface area (TPSA) is 83.7 Å². The smallest absolute Gasteiger partial charge is 0.329 e. The number of carbonyl (C=O) groups is 1. The van der Waals surface area contributed by atoms with Crippen LogP contribution in [0.5, 0.6) is 0 Å². The fourth-order valence-corrected chi connectivity index (χ4v) is 3.18. The molecule has 6 nitrogen and oxygen atoms in total. The lowest BCUT2D eigenvalue weighted by Gasteiger charge is -2.34. The Kier molecular flexibility index (Phi) is 3.73. The molecule has 108 valence electrons. The Labute approximate surface area is 124 Å². The minimum absolute atomic E-state index is 0.0249. The van der Waals surface area contributed by atoms with E-state index in [1.54, 1.807) is 24.8 Å². The van der Waals surface area contributed by atoms with E-state index in [1.165, 1.54) is 6.07 Å². The molecule has 0 radical (unpaired) electrons. The van der Waals surface area contributed by atoms with Gasteiger partial charge >= 0.3 is 5.97 Å². The lowest BCUT2D eigenvalue weighted by Crippen LogP contribution is -2.48. The molecule has 1 aliphatic rings. The SMILES string of the molecule is Cc1cc(N2CCCC2(C)C(=O)O)c(Br)cc1[N+](=O)[O-]. The number of carboxylic acids is 1. The van der Waals surface area contributed by atoms with Crippen molar-refractivity contribution in [1.82, 2.24) is 0 Å². The zero-order valence-electron chi connectivity index (χ0n) is 11.2. The molecule has 0 spiro atoms. The first-order valence-electron chi connectivity index (χ1n) is 6.23. The second kappa shape index (κ2) is 5.05. The molecular formula is C13H15BrN2O4. The summed E-state index contributed by atoms with van der Waals surface area (Å²) in [5.74, 6) is -0.877. The number of anilines is 1. The third kappa shape index (κ3) is 2.26. The molecule has 0 amide bonds. The molecule has 1 atom stereocenters. The van der Waals surface area contributed by atoms with Crippen LogP contribution in [-0.2, 0) is 4.79 Å². The van der Waals surface area contributed by atoms with Crippen molar-refractivity contribution in [1.29, 1.82) is 0 Å². The molecule has 20 heavy (non-hydrogen) atoms. The molecule has 0 aromatic heterocycles. The maximum Gasteiger partial charge on any atom is 0.329 e. The van der Waals surface area contributed by atoms with E-state index in [0.29, 0.717) is 28.7 Å². The average molecular weight is 343 g/mol. The van der Waals surface area contributed by atoms with Crippen LogP contribution >= 0.6 is 15.9 Å². The first kappa shape index (κ1) is 14.8. The molecule has 0 aliphatic carbocycles. The number of aryl methyl sites for hydroxylation is 1. The van der Waals surface area contributed by atoms with Crippen LogP contribution < -0.4 is 4.90 Å². The summed E-state index contributed by atoms with van der Waals surface area (Å²) in [5, 5.41) is 20.4. The van der Waals surface area contributed by atoms with Crippen LogP contribution in [0.15, 0.2) is 16.6 Å². The van der Waals surface area contributed by atoms with Gasteiger partial charge in [-0.05, 0) is 48.7 Å². The number of hydrogen-bond donors (Lipinski definition) is 1. The fraction of sp³-hybridized carbons (Fsp3) is 0.462. The monoisotopic (exact) mass is 342 g/mol.